The monoisotopic (exact) mass is 311 g/mol. The fourth-order valence-corrected chi connectivity index (χ4v) is 2.51. The molecule has 0 atom stereocenters. The zero-order valence-corrected chi connectivity index (χ0v) is 12.7. The van der Waals surface area contributed by atoms with Crippen molar-refractivity contribution in [2.24, 2.45) is 0 Å². The van der Waals surface area contributed by atoms with E-state index in [-0.39, 0.29) is 5.76 Å². The Hall–Kier alpha value is -2.21. The van der Waals surface area contributed by atoms with E-state index in [4.69, 9.17) is 30.7 Å². The maximum absolute atomic E-state index is 10.9. The molecule has 0 unspecified atom stereocenters. The summed E-state index contributed by atoms with van der Waals surface area (Å²) >= 11 is 6.25. The minimum absolute atomic E-state index is 0.252. The van der Waals surface area contributed by atoms with Crippen LogP contribution in [0.1, 0.15) is 21.7 Å². The third-order valence-corrected chi connectivity index (χ3v) is 3.65. The fourth-order valence-electron chi connectivity index (χ4n) is 2.21. The number of ether oxygens (including phenoxy) is 2. The molecule has 0 fully saturated rings. The lowest BCUT2D eigenvalue weighted by Crippen LogP contribution is -1.99. The average molecular weight is 312 g/mol. The Kier molecular flexibility index (Phi) is 4.09. The molecule has 21 heavy (non-hydrogen) atoms. The Balaban J connectivity index is 2.77. The molecule has 2 aromatic rings. The van der Waals surface area contributed by atoms with E-state index in [1.165, 1.54) is 20.3 Å². The second-order valence-electron chi connectivity index (χ2n) is 4.39. The predicted molar refractivity (Wildman–Crippen MR) is 76.5 cm³/mol. The van der Waals surface area contributed by atoms with Crippen LogP contribution in [0.4, 0.5) is 0 Å². The van der Waals surface area contributed by atoms with Crippen LogP contribution in [0, 0.1) is 13.8 Å². The number of nitrogens with zero attached hydrogens (tertiary/aromatic N) is 1. The number of benzene rings is 1. The van der Waals surface area contributed by atoms with E-state index in [0.717, 1.165) is 0 Å². The highest BCUT2D eigenvalue weighted by Gasteiger charge is 2.24. The summed E-state index contributed by atoms with van der Waals surface area (Å²) in [5, 5.41) is 13.2. The topological polar surface area (TPSA) is 81.8 Å². The summed E-state index contributed by atoms with van der Waals surface area (Å²) in [7, 11) is 3.02. The van der Waals surface area contributed by atoms with Gasteiger partial charge in [-0.1, -0.05) is 16.8 Å². The van der Waals surface area contributed by atoms with Gasteiger partial charge < -0.3 is 19.1 Å². The van der Waals surface area contributed by atoms with Gasteiger partial charge in [-0.2, -0.15) is 0 Å². The smallest absolute Gasteiger partial charge is 0.374 e. The van der Waals surface area contributed by atoms with Crippen LogP contribution in [-0.4, -0.2) is 30.5 Å². The van der Waals surface area contributed by atoms with Crippen molar-refractivity contribution in [3.63, 3.8) is 0 Å². The molecule has 0 bridgehead atoms. The molecule has 7 heteroatoms. The van der Waals surface area contributed by atoms with Gasteiger partial charge in [-0.25, -0.2) is 4.79 Å². The molecule has 112 valence electrons. The van der Waals surface area contributed by atoms with E-state index in [2.05, 4.69) is 5.16 Å². The van der Waals surface area contributed by atoms with Crippen molar-refractivity contribution in [2.45, 2.75) is 13.8 Å². The number of hydrogen-bond acceptors (Lipinski definition) is 5. The average Bonchev–Trinajstić information content (AvgIpc) is 2.92. The summed E-state index contributed by atoms with van der Waals surface area (Å²) in [5.74, 6) is -0.450. The van der Waals surface area contributed by atoms with Gasteiger partial charge in [-0.05, 0) is 13.8 Å². The number of aromatic nitrogens is 1. The Morgan fingerprint density at radius 3 is 2.33 bits per heavy atom. The summed E-state index contributed by atoms with van der Waals surface area (Å²) < 4.78 is 15.5. The van der Waals surface area contributed by atoms with Gasteiger partial charge in [0.05, 0.1) is 24.8 Å². The lowest BCUT2D eigenvalue weighted by atomic mass is 9.99. The third kappa shape index (κ3) is 2.42. The van der Waals surface area contributed by atoms with Crippen molar-refractivity contribution < 1.29 is 23.9 Å². The van der Waals surface area contributed by atoms with E-state index < -0.39 is 5.97 Å². The normalized spacial score (nSPS) is 10.5. The minimum Gasteiger partial charge on any atom is -0.496 e. The first-order chi connectivity index (χ1) is 9.92. The highest BCUT2D eigenvalue weighted by Crippen LogP contribution is 2.45. The van der Waals surface area contributed by atoms with Gasteiger partial charge in [0.2, 0.25) is 5.76 Å². The first kappa shape index (κ1) is 15.2. The van der Waals surface area contributed by atoms with Crippen LogP contribution < -0.4 is 9.47 Å². The number of carboxylic acids is 1. The third-order valence-electron chi connectivity index (χ3n) is 3.20. The van der Waals surface area contributed by atoms with Crippen LogP contribution >= 0.6 is 11.6 Å². The summed E-state index contributed by atoms with van der Waals surface area (Å²) in [6.07, 6.45) is 0. The molecule has 0 saturated heterocycles. The fraction of sp³-hybridized carbons (Fsp3) is 0.286. The molecule has 1 aromatic heterocycles. The van der Waals surface area contributed by atoms with Crippen LogP contribution in [-0.2, 0) is 0 Å². The molecule has 1 heterocycles. The molecule has 0 radical (unpaired) electrons. The molecular formula is C14H14ClNO5. The zero-order chi connectivity index (χ0) is 15.7. The molecule has 1 N–H and O–H groups in total. The maximum atomic E-state index is 10.9. The van der Waals surface area contributed by atoms with Crippen molar-refractivity contribution in [1.29, 1.82) is 0 Å². The van der Waals surface area contributed by atoms with Gasteiger partial charge in [0.25, 0.3) is 0 Å². The zero-order valence-electron chi connectivity index (χ0n) is 12.0. The Morgan fingerprint density at radius 2 is 1.86 bits per heavy atom. The minimum atomic E-state index is -1.19. The van der Waals surface area contributed by atoms with Crippen molar-refractivity contribution in [2.75, 3.05) is 14.2 Å². The first-order valence-electron chi connectivity index (χ1n) is 6.03. The van der Waals surface area contributed by atoms with Crippen molar-refractivity contribution >= 4 is 17.6 Å². The molecule has 0 spiro atoms. The molecule has 0 amide bonds. The van der Waals surface area contributed by atoms with Gasteiger partial charge >= 0.3 is 5.97 Å². The van der Waals surface area contributed by atoms with E-state index in [1.54, 1.807) is 13.8 Å². The Labute approximate surface area is 126 Å². The number of rotatable bonds is 4. The lowest BCUT2D eigenvalue weighted by molar-refractivity contribution is 0.0652. The van der Waals surface area contributed by atoms with Gasteiger partial charge in [-0.15, -0.1) is 0 Å². The Morgan fingerprint density at radius 1 is 1.24 bits per heavy atom. The summed E-state index contributed by atoms with van der Waals surface area (Å²) in [4.78, 5) is 10.9. The van der Waals surface area contributed by atoms with Crippen LogP contribution in [0.25, 0.3) is 11.3 Å². The molecule has 0 aliphatic rings. The van der Waals surface area contributed by atoms with Crippen molar-refractivity contribution in [3.05, 3.63) is 28.0 Å². The number of aromatic carboxylic acids is 1. The second-order valence-corrected chi connectivity index (χ2v) is 4.76. The SMILES string of the molecule is COc1c(C)c(-c2cc(C(=O)O)on2)c(OC)c(C)c1Cl. The van der Waals surface area contributed by atoms with E-state index in [0.29, 0.717) is 38.9 Å². The molecular weight excluding hydrogens is 298 g/mol. The van der Waals surface area contributed by atoms with Gasteiger partial charge in [0, 0.05) is 17.2 Å². The number of halogens is 1. The lowest BCUT2D eigenvalue weighted by Gasteiger charge is -2.17. The van der Waals surface area contributed by atoms with Crippen LogP contribution in [0.2, 0.25) is 5.02 Å². The number of methoxy groups -OCH3 is 2. The molecule has 6 nitrogen and oxygen atoms in total. The second kappa shape index (κ2) is 5.65. The first-order valence-corrected chi connectivity index (χ1v) is 6.41. The number of carboxylic acid groups (broad SMARTS) is 1. The summed E-state index contributed by atoms with van der Waals surface area (Å²) in [6, 6.07) is 1.33. The molecule has 1 aromatic carbocycles. The number of hydrogen-bond donors (Lipinski definition) is 1. The van der Waals surface area contributed by atoms with Crippen LogP contribution in [0.3, 0.4) is 0 Å². The van der Waals surface area contributed by atoms with E-state index in [9.17, 15) is 4.79 Å². The van der Waals surface area contributed by atoms with Gasteiger partial charge in [0.1, 0.15) is 17.2 Å². The highest BCUT2D eigenvalue weighted by atomic mass is 35.5. The number of carbonyl (C=O) groups is 1. The Bertz CT molecular complexity index is 708. The molecule has 2 rings (SSSR count). The quantitative estimate of drug-likeness (QED) is 0.932. The van der Waals surface area contributed by atoms with E-state index >= 15 is 0 Å². The van der Waals surface area contributed by atoms with Crippen LogP contribution in [0.5, 0.6) is 11.5 Å². The van der Waals surface area contributed by atoms with Crippen molar-refractivity contribution in [1.82, 2.24) is 5.16 Å². The largest absolute Gasteiger partial charge is 0.496 e. The predicted octanol–water partition coefficient (Wildman–Crippen LogP) is 3.33. The summed E-state index contributed by atoms with van der Waals surface area (Å²) in [5.41, 5.74) is 2.30. The van der Waals surface area contributed by atoms with Gasteiger partial charge in [0.15, 0.2) is 0 Å². The van der Waals surface area contributed by atoms with Crippen LogP contribution in [0.15, 0.2) is 10.6 Å². The molecule has 0 aliphatic heterocycles. The van der Waals surface area contributed by atoms with Gasteiger partial charge in [-0.3, -0.25) is 0 Å². The maximum Gasteiger partial charge on any atom is 0.374 e. The molecule has 0 aliphatic carbocycles. The highest BCUT2D eigenvalue weighted by molar-refractivity contribution is 6.33. The van der Waals surface area contributed by atoms with E-state index in [1.807, 2.05) is 0 Å². The summed E-state index contributed by atoms with van der Waals surface area (Å²) in [6.45, 7) is 3.57. The molecule has 0 saturated carbocycles. The van der Waals surface area contributed by atoms with Crippen molar-refractivity contribution in [3.8, 4) is 22.8 Å². The standard InChI is InChI=1S/C14H14ClNO5/c1-6-10(8-5-9(14(17)18)21-16-8)12(19-3)7(2)11(15)13(6)20-4/h5H,1-4H3,(H,17,18).